The van der Waals surface area contributed by atoms with Gasteiger partial charge in [0.1, 0.15) is 5.75 Å². The molecule has 0 saturated heterocycles. The second-order valence-electron chi connectivity index (χ2n) is 8.37. The Morgan fingerprint density at radius 2 is 1.85 bits per heavy atom. The SMILES string of the molecule is CCN(CC)CCCC(C)Nc1cc(OC)cc2nc(/C=C/c3ccc([N+](=O)[O-])cc3)ccc12. The smallest absolute Gasteiger partial charge is 0.269 e. The van der Waals surface area contributed by atoms with Crippen LogP contribution in [0.15, 0.2) is 48.5 Å². The third-order valence-corrected chi connectivity index (χ3v) is 6.00. The fourth-order valence-electron chi connectivity index (χ4n) is 3.94. The Kier molecular flexibility index (Phi) is 8.99. The lowest BCUT2D eigenvalue weighted by molar-refractivity contribution is -0.384. The molecule has 1 heterocycles. The van der Waals surface area contributed by atoms with E-state index in [1.807, 2.05) is 30.4 Å². The molecule has 0 fully saturated rings. The summed E-state index contributed by atoms with van der Waals surface area (Å²) in [4.78, 5) is 17.7. The highest BCUT2D eigenvalue weighted by Crippen LogP contribution is 2.30. The van der Waals surface area contributed by atoms with E-state index >= 15 is 0 Å². The summed E-state index contributed by atoms with van der Waals surface area (Å²) in [5.41, 5.74) is 3.62. The lowest BCUT2D eigenvalue weighted by Crippen LogP contribution is -2.25. The van der Waals surface area contributed by atoms with Crippen LogP contribution < -0.4 is 10.1 Å². The molecule has 7 heteroatoms. The minimum atomic E-state index is -0.400. The molecule has 1 atom stereocenters. The fraction of sp³-hybridized carbons (Fsp3) is 0.370. The molecule has 0 aliphatic carbocycles. The number of anilines is 1. The van der Waals surface area contributed by atoms with Crippen molar-refractivity contribution in [3.63, 3.8) is 0 Å². The first-order valence-electron chi connectivity index (χ1n) is 11.8. The Labute approximate surface area is 201 Å². The molecule has 0 saturated carbocycles. The van der Waals surface area contributed by atoms with Gasteiger partial charge in [-0.2, -0.15) is 0 Å². The molecular weight excluding hydrogens is 428 g/mol. The Morgan fingerprint density at radius 1 is 1.12 bits per heavy atom. The molecule has 0 aliphatic heterocycles. The van der Waals surface area contributed by atoms with Crippen LogP contribution in [-0.2, 0) is 0 Å². The lowest BCUT2D eigenvalue weighted by atomic mass is 10.1. The van der Waals surface area contributed by atoms with Gasteiger partial charge < -0.3 is 15.0 Å². The average Bonchev–Trinajstić information content (AvgIpc) is 2.85. The number of methoxy groups -OCH3 is 1. The number of hydrogen-bond acceptors (Lipinski definition) is 6. The minimum absolute atomic E-state index is 0.0791. The summed E-state index contributed by atoms with van der Waals surface area (Å²) in [5.74, 6) is 0.759. The maximum atomic E-state index is 10.8. The summed E-state index contributed by atoms with van der Waals surface area (Å²) in [6, 6.07) is 14.8. The first kappa shape index (κ1) is 25.2. The number of pyridine rings is 1. The van der Waals surface area contributed by atoms with E-state index < -0.39 is 4.92 Å². The quantitative estimate of drug-likeness (QED) is 0.253. The number of fused-ring (bicyclic) bond motifs is 1. The summed E-state index contributed by atoms with van der Waals surface area (Å²) >= 11 is 0. The standard InChI is InChI=1S/C27H34N4O3/c1-5-30(6-2)17-7-8-20(3)28-26-18-24(34-4)19-27-25(26)16-13-22(29-27)12-9-21-10-14-23(15-11-21)31(32)33/h9-16,18-20,28H,5-8,17H2,1-4H3/b12-9+. The maximum absolute atomic E-state index is 10.8. The molecule has 3 rings (SSSR count). The molecule has 0 amide bonds. The van der Waals surface area contributed by atoms with Gasteiger partial charge in [0.15, 0.2) is 0 Å². The molecule has 2 aromatic carbocycles. The number of hydrogen-bond donors (Lipinski definition) is 1. The largest absolute Gasteiger partial charge is 0.497 e. The number of benzene rings is 2. The Hall–Kier alpha value is -3.45. The van der Waals surface area contributed by atoms with Crippen LogP contribution in [0, 0.1) is 10.1 Å². The van der Waals surface area contributed by atoms with Gasteiger partial charge in [0.25, 0.3) is 5.69 Å². The number of nitrogens with zero attached hydrogens (tertiary/aromatic N) is 3. The molecular formula is C27H34N4O3. The van der Waals surface area contributed by atoms with Crippen molar-refractivity contribution in [1.29, 1.82) is 0 Å². The number of nitro benzene ring substituents is 1. The Bertz CT molecular complexity index is 1120. The molecule has 180 valence electrons. The highest BCUT2D eigenvalue weighted by atomic mass is 16.6. The molecule has 0 spiro atoms. The molecule has 1 unspecified atom stereocenters. The van der Waals surface area contributed by atoms with Crippen molar-refractivity contribution in [3.8, 4) is 5.75 Å². The van der Waals surface area contributed by atoms with E-state index in [0.29, 0.717) is 6.04 Å². The van der Waals surface area contributed by atoms with Gasteiger partial charge in [-0.3, -0.25) is 10.1 Å². The van der Waals surface area contributed by atoms with Crippen LogP contribution in [0.25, 0.3) is 23.1 Å². The van der Waals surface area contributed by atoms with E-state index in [2.05, 4.69) is 37.1 Å². The van der Waals surface area contributed by atoms with E-state index in [1.165, 1.54) is 12.1 Å². The molecule has 0 radical (unpaired) electrons. The average molecular weight is 463 g/mol. The highest BCUT2D eigenvalue weighted by Gasteiger charge is 2.10. The van der Waals surface area contributed by atoms with Crippen molar-refractivity contribution >= 4 is 34.4 Å². The van der Waals surface area contributed by atoms with Crippen molar-refractivity contribution in [2.45, 2.75) is 39.7 Å². The zero-order valence-corrected chi connectivity index (χ0v) is 20.5. The van der Waals surface area contributed by atoms with Gasteiger partial charge in [-0.1, -0.05) is 19.9 Å². The van der Waals surface area contributed by atoms with E-state index in [1.54, 1.807) is 19.2 Å². The summed E-state index contributed by atoms with van der Waals surface area (Å²) in [5, 5.41) is 15.5. The van der Waals surface area contributed by atoms with Crippen molar-refractivity contribution < 1.29 is 9.66 Å². The van der Waals surface area contributed by atoms with Crippen molar-refractivity contribution in [2.24, 2.45) is 0 Å². The zero-order valence-electron chi connectivity index (χ0n) is 20.5. The number of rotatable bonds is 12. The van der Waals surface area contributed by atoms with E-state index in [9.17, 15) is 10.1 Å². The molecule has 1 aromatic heterocycles. The molecule has 1 N–H and O–H groups in total. The van der Waals surface area contributed by atoms with Crippen LogP contribution in [0.5, 0.6) is 5.75 Å². The van der Waals surface area contributed by atoms with Gasteiger partial charge in [-0.25, -0.2) is 4.98 Å². The van der Waals surface area contributed by atoms with Crippen molar-refractivity contribution in [3.05, 3.63) is 69.9 Å². The first-order valence-corrected chi connectivity index (χ1v) is 11.8. The van der Waals surface area contributed by atoms with Crippen molar-refractivity contribution in [2.75, 3.05) is 32.1 Å². The third-order valence-electron chi connectivity index (χ3n) is 6.00. The third kappa shape index (κ3) is 6.78. The fourth-order valence-corrected chi connectivity index (χ4v) is 3.94. The van der Waals surface area contributed by atoms with Crippen LogP contribution in [-0.4, -0.2) is 47.6 Å². The highest BCUT2D eigenvalue weighted by molar-refractivity contribution is 5.93. The van der Waals surface area contributed by atoms with Gasteiger partial charge in [-0.05, 0) is 75.3 Å². The van der Waals surface area contributed by atoms with Crippen molar-refractivity contribution in [1.82, 2.24) is 9.88 Å². The number of non-ortho nitro benzene ring substituents is 1. The van der Waals surface area contributed by atoms with E-state index in [4.69, 9.17) is 9.72 Å². The number of nitrogens with one attached hydrogen (secondary N) is 1. The number of ether oxygens (including phenoxy) is 1. The van der Waals surface area contributed by atoms with Gasteiger partial charge >= 0.3 is 0 Å². The molecule has 0 aliphatic rings. The Balaban J connectivity index is 1.75. The maximum Gasteiger partial charge on any atom is 0.269 e. The number of nitro groups is 1. The summed E-state index contributed by atoms with van der Waals surface area (Å²) < 4.78 is 5.53. The van der Waals surface area contributed by atoms with Gasteiger partial charge in [0.2, 0.25) is 0 Å². The molecule has 34 heavy (non-hydrogen) atoms. The number of aromatic nitrogens is 1. The minimum Gasteiger partial charge on any atom is -0.497 e. The summed E-state index contributed by atoms with van der Waals surface area (Å²) in [7, 11) is 1.66. The van der Waals surface area contributed by atoms with Gasteiger partial charge in [0.05, 0.1) is 23.2 Å². The lowest BCUT2D eigenvalue weighted by Gasteiger charge is -2.21. The first-order chi connectivity index (χ1) is 16.4. The predicted molar refractivity (Wildman–Crippen MR) is 140 cm³/mol. The molecule has 7 nitrogen and oxygen atoms in total. The molecule has 0 bridgehead atoms. The van der Waals surface area contributed by atoms with Crippen LogP contribution in [0.1, 0.15) is 44.9 Å². The van der Waals surface area contributed by atoms with E-state index in [0.717, 1.165) is 66.1 Å². The normalized spacial score (nSPS) is 12.4. The summed E-state index contributed by atoms with van der Waals surface area (Å²) in [6.45, 7) is 9.91. The monoisotopic (exact) mass is 462 g/mol. The van der Waals surface area contributed by atoms with Gasteiger partial charge in [-0.15, -0.1) is 0 Å². The van der Waals surface area contributed by atoms with Crippen LogP contribution in [0.2, 0.25) is 0 Å². The second kappa shape index (κ2) is 12.1. The second-order valence-corrected chi connectivity index (χ2v) is 8.37. The van der Waals surface area contributed by atoms with Crippen LogP contribution in [0.3, 0.4) is 0 Å². The van der Waals surface area contributed by atoms with E-state index in [-0.39, 0.29) is 5.69 Å². The van der Waals surface area contributed by atoms with Gasteiger partial charge in [0, 0.05) is 41.4 Å². The zero-order chi connectivity index (χ0) is 24.5. The summed E-state index contributed by atoms with van der Waals surface area (Å²) in [6.07, 6.45) is 6.03. The molecule has 3 aromatic rings. The predicted octanol–water partition coefficient (Wildman–Crippen LogP) is 6.24. The Morgan fingerprint density at radius 3 is 2.50 bits per heavy atom. The topological polar surface area (TPSA) is 80.5 Å². The van der Waals surface area contributed by atoms with Crippen LogP contribution in [0.4, 0.5) is 11.4 Å². The van der Waals surface area contributed by atoms with Crippen LogP contribution >= 0.6 is 0 Å².